The zero-order chi connectivity index (χ0) is 43.4. The summed E-state index contributed by atoms with van der Waals surface area (Å²) in [5.74, 6) is 0. The fraction of sp³-hybridized carbons (Fsp3) is 0.0164. The van der Waals surface area contributed by atoms with E-state index in [1.54, 1.807) is 0 Å². The molecule has 0 fully saturated rings. The van der Waals surface area contributed by atoms with Crippen molar-refractivity contribution in [2.75, 3.05) is 7.18 Å². The van der Waals surface area contributed by atoms with Crippen molar-refractivity contribution >= 4 is 75.1 Å². The van der Waals surface area contributed by atoms with Crippen molar-refractivity contribution in [3.63, 3.8) is 0 Å². The molecule has 0 saturated heterocycles. The minimum atomic E-state index is 0.500. The standard InChI is InChI=1S/C60H38N2S.CH3F/c1-3-19-45(20-4-1)61-55-29-9-7-23-49(55)53-37-41(31-33-57(53)61)39-15-11-17-43(35-39)47-25-13-27-51-52-28-14-26-48(60(52)63-59(47)51)44-18-12-16-40(36-44)42-32-34-58-54(38-42)50-24-8-10-30-56(50)62(58)46-21-5-2-6-22-46;1-2/h1-38H;1H3. The number of para-hydroxylation sites is 4. The van der Waals surface area contributed by atoms with E-state index in [9.17, 15) is 4.39 Å². The van der Waals surface area contributed by atoms with Crippen LogP contribution in [-0.4, -0.2) is 16.3 Å². The van der Waals surface area contributed by atoms with Crippen LogP contribution in [0.5, 0.6) is 0 Å². The molecule has 0 unspecified atom stereocenters. The lowest BCUT2D eigenvalue weighted by Crippen LogP contribution is -1.92. The van der Waals surface area contributed by atoms with Gasteiger partial charge in [-0.2, -0.15) is 0 Å². The third-order valence-electron chi connectivity index (χ3n) is 12.9. The van der Waals surface area contributed by atoms with Crippen LogP contribution in [0, 0.1) is 0 Å². The van der Waals surface area contributed by atoms with Gasteiger partial charge in [0.15, 0.2) is 0 Å². The first kappa shape index (κ1) is 38.6. The molecule has 13 rings (SSSR count). The first-order chi connectivity index (χ1) is 32.2. The van der Waals surface area contributed by atoms with Crippen LogP contribution in [0.15, 0.2) is 231 Å². The second kappa shape index (κ2) is 15.9. The number of alkyl halides is 1. The van der Waals surface area contributed by atoms with Gasteiger partial charge in [0, 0.05) is 53.1 Å². The number of fused-ring (bicyclic) bond motifs is 9. The van der Waals surface area contributed by atoms with Gasteiger partial charge in [0.1, 0.15) is 0 Å². The van der Waals surface area contributed by atoms with E-state index in [-0.39, 0.29) is 0 Å². The van der Waals surface area contributed by atoms with Gasteiger partial charge in [-0.05, 0) is 117 Å². The molecule has 0 aliphatic rings. The van der Waals surface area contributed by atoms with E-state index < -0.39 is 0 Å². The molecular weight excluding hydrogens is 812 g/mol. The Bertz CT molecular complexity index is 3660. The molecule has 0 aliphatic heterocycles. The molecule has 3 heterocycles. The van der Waals surface area contributed by atoms with E-state index >= 15 is 0 Å². The maximum Gasteiger partial charge on any atom is 0.0785 e. The smallest absolute Gasteiger partial charge is 0.0785 e. The largest absolute Gasteiger partial charge is 0.309 e. The number of benzene rings is 10. The highest BCUT2D eigenvalue weighted by molar-refractivity contribution is 7.26. The summed E-state index contributed by atoms with van der Waals surface area (Å²) in [6, 6.07) is 84.5. The number of hydrogen-bond donors (Lipinski definition) is 0. The number of halogens is 1. The van der Waals surface area contributed by atoms with Gasteiger partial charge in [0.2, 0.25) is 0 Å². The first-order valence-electron chi connectivity index (χ1n) is 22.0. The molecule has 65 heavy (non-hydrogen) atoms. The van der Waals surface area contributed by atoms with Gasteiger partial charge in [-0.25, -0.2) is 0 Å². The van der Waals surface area contributed by atoms with Crippen LogP contribution < -0.4 is 0 Å². The van der Waals surface area contributed by atoms with Gasteiger partial charge in [0.25, 0.3) is 0 Å². The van der Waals surface area contributed by atoms with E-state index in [1.807, 2.05) is 11.3 Å². The van der Waals surface area contributed by atoms with Gasteiger partial charge in [-0.15, -0.1) is 11.3 Å². The lowest BCUT2D eigenvalue weighted by atomic mass is 9.96. The SMILES string of the molecule is CF.c1ccc(-n2c3ccccc3c3cc(-c4cccc(-c5cccc6c5sc5c(-c7cccc(-c8ccc9c(c8)c8ccccc8n9-c8ccccc8)c7)cccc56)c4)ccc32)cc1. The van der Waals surface area contributed by atoms with Gasteiger partial charge in [0.05, 0.1) is 29.2 Å². The van der Waals surface area contributed by atoms with Crippen molar-refractivity contribution in [2.45, 2.75) is 0 Å². The van der Waals surface area contributed by atoms with Crippen LogP contribution in [0.25, 0.3) is 120 Å². The van der Waals surface area contributed by atoms with Crippen molar-refractivity contribution < 1.29 is 4.39 Å². The summed E-state index contributed by atoms with van der Waals surface area (Å²) in [7, 11) is 0.500. The first-order valence-corrected chi connectivity index (χ1v) is 22.8. The van der Waals surface area contributed by atoms with Crippen LogP contribution in [0.4, 0.5) is 4.39 Å². The monoisotopic (exact) mass is 852 g/mol. The van der Waals surface area contributed by atoms with Crippen LogP contribution in [0.2, 0.25) is 0 Å². The molecule has 0 bridgehead atoms. The quantitative estimate of drug-likeness (QED) is 0.158. The number of aromatic nitrogens is 2. The van der Waals surface area contributed by atoms with Gasteiger partial charge < -0.3 is 9.13 Å². The van der Waals surface area contributed by atoms with Gasteiger partial charge >= 0.3 is 0 Å². The van der Waals surface area contributed by atoms with E-state index in [0.717, 1.165) is 0 Å². The number of thiophene rings is 1. The van der Waals surface area contributed by atoms with Crippen molar-refractivity contribution in [1.29, 1.82) is 0 Å². The van der Waals surface area contributed by atoms with E-state index in [1.165, 1.54) is 120 Å². The van der Waals surface area contributed by atoms with Crippen molar-refractivity contribution in [2.24, 2.45) is 0 Å². The minimum Gasteiger partial charge on any atom is -0.309 e. The highest BCUT2D eigenvalue weighted by Gasteiger charge is 2.18. The molecule has 0 aliphatic carbocycles. The molecule has 0 atom stereocenters. The van der Waals surface area contributed by atoms with Crippen LogP contribution in [0.3, 0.4) is 0 Å². The Kier molecular flexibility index (Phi) is 9.47. The number of rotatable bonds is 6. The zero-order valence-electron chi connectivity index (χ0n) is 35.6. The summed E-state index contributed by atoms with van der Waals surface area (Å²) >= 11 is 1.91. The molecule has 3 aromatic heterocycles. The Morgan fingerprint density at radius 3 is 1.09 bits per heavy atom. The summed E-state index contributed by atoms with van der Waals surface area (Å²) in [6.45, 7) is 0. The number of hydrogen-bond acceptors (Lipinski definition) is 1. The van der Waals surface area contributed by atoms with Gasteiger partial charge in [-0.1, -0.05) is 158 Å². The topological polar surface area (TPSA) is 9.86 Å². The second-order valence-electron chi connectivity index (χ2n) is 16.5. The lowest BCUT2D eigenvalue weighted by Gasteiger charge is -2.09. The predicted octanol–water partition coefficient (Wildman–Crippen LogP) is 17.5. The molecule has 0 spiro atoms. The average molecular weight is 853 g/mol. The van der Waals surface area contributed by atoms with Gasteiger partial charge in [-0.3, -0.25) is 4.39 Å². The van der Waals surface area contributed by atoms with Crippen molar-refractivity contribution in [3.8, 4) is 55.9 Å². The Morgan fingerprint density at radius 2 is 0.631 bits per heavy atom. The van der Waals surface area contributed by atoms with E-state index in [4.69, 9.17) is 0 Å². The van der Waals surface area contributed by atoms with Crippen LogP contribution in [-0.2, 0) is 0 Å². The summed E-state index contributed by atoms with van der Waals surface area (Å²) in [4.78, 5) is 0. The Hall–Kier alpha value is -8.05. The maximum absolute atomic E-state index is 9.50. The normalized spacial score (nSPS) is 11.5. The fourth-order valence-corrected chi connectivity index (χ4v) is 11.4. The van der Waals surface area contributed by atoms with E-state index in [0.29, 0.717) is 7.18 Å². The zero-order valence-corrected chi connectivity index (χ0v) is 36.4. The Morgan fingerprint density at radius 1 is 0.277 bits per heavy atom. The molecule has 308 valence electrons. The molecule has 0 N–H and O–H groups in total. The van der Waals surface area contributed by atoms with Crippen molar-refractivity contribution in [1.82, 2.24) is 9.13 Å². The summed E-state index contributed by atoms with van der Waals surface area (Å²) in [5, 5.41) is 7.64. The molecule has 0 radical (unpaired) electrons. The Labute approximate surface area is 380 Å². The molecule has 13 aromatic rings. The fourth-order valence-electron chi connectivity index (χ4n) is 10.0. The summed E-state index contributed by atoms with van der Waals surface area (Å²) in [5.41, 5.74) is 17.0. The lowest BCUT2D eigenvalue weighted by molar-refractivity contribution is 0.636. The Balaban J connectivity index is 0.00000219. The van der Waals surface area contributed by atoms with E-state index in [2.05, 4.69) is 240 Å². The molecule has 10 aromatic carbocycles. The third kappa shape index (κ3) is 6.37. The predicted molar refractivity (Wildman–Crippen MR) is 277 cm³/mol. The molecule has 0 saturated carbocycles. The molecule has 4 heteroatoms. The summed E-state index contributed by atoms with van der Waals surface area (Å²) < 4.78 is 16.9. The van der Waals surface area contributed by atoms with Crippen LogP contribution >= 0.6 is 11.3 Å². The average Bonchev–Trinajstić information content (AvgIpc) is 4.05. The number of nitrogens with zero attached hydrogens (tertiary/aromatic N) is 2. The van der Waals surface area contributed by atoms with Crippen molar-refractivity contribution in [3.05, 3.63) is 231 Å². The highest BCUT2D eigenvalue weighted by atomic mass is 32.1. The maximum atomic E-state index is 9.50. The molecule has 2 nitrogen and oxygen atoms in total. The molecular formula is C61H41FN2S. The highest BCUT2D eigenvalue weighted by Crippen LogP contribution is 2.45. The minimum absolute atomic E-state index is 0.500. The third-order valence-corrected chi connectivity index (χ3v) is 14.2. The summed E-state index contributed by atoms with van der Waals surface area (Å²) in [6.07, 6.45) is 0. The molecule has 0 amide bonds. The second-order valence-corrected chi connectivity index (χ2v) is 17.5. The van der Waals surface area contributed by atoms with Crippen LogP contribution in [0.1, 0.15) is 0 Å².